The van der Waals surface area contributed by atoms with Crippen LogP contribution in [0.5, 0.6) is 0 Å². The van der Waals surface area contributed by atoms with Gasteiger partial charge in [0.15, 0.2) is 0 Å². The van der Waals surface area contributed by atoms with Gasteiger partial charge in [-0.15, -0.1) is 0 Å². The number of unbranched alkanes of at least 4 members (excludes halogenated alkanes) is 4. The minimum absolute atomic E-state index is 0.0346. The molecule has 3 N–H and O–H groups in total. The zero-order valence-corrected chi connectivity index (χ0v) is 11.6. The van der Waals surface area contributed by atoms with E-state index in [1.165, 1.54) is 19.3 Å². The molecule has 0 aliphatic carbocycles. The minimum atomic E-state index is 0.0346. The van der Waals surface area contributed by atoms with Gasteiger partial charge < -0.3 is 11.1 Å². The Hall–Kier alpha value is -1.22. The maximum absolute atomic E-state index is 11.7. The first-order valence-corrected chi connectivity index (χ1v) is 6.86. The zero-order valence-electron chi connectivity index (χ0n) is 10.8. The van der Waals surface area contributed by atoms with Crippen molar-refractivity contribution in [2.75, 3.05) is 11.1 Å². The summed E-state index contributed by atoms with van der Waals surface area (Å²) in [5.41, 5.74) is 6.83. The molecule has 3 nitrogen and oxygen atoms in total. The molecule has 1 amide bonds. The molecule has 0 saturated heterocycles. The van der Waals surface area contributed by atoms with Crippen LogP contribution in [0.25, 0.3) is 0 Å². The number of hydrogen-bond acceptors (Lipinski definition) is 2. The number of rotatable bonds is 7. The number of benzene rings is 1. The molecule has 4 heteroatoms. The second-order valence-electron chi connectivity index (χ2n) is 4.45. The topological polar surface area (TPSA) is 55.1 Å². The lowest BCUT2D eigenvalue weighted by molar-refractivity contribution is -0.116. The Morgan fingerprint density at radius 3 is 2.67 bits per heavy atom. The van der Waals surface area contributed by atoms with Gasteiger partial charge in [-0.2, -0.15) is 0 Å². The van der Waals surface area contributed by atoms with Crippen molar-refractivity contribution in [2.45, 2.75) is 45.4 Å². The molecule has 1 aromatic carbocycles. The standard InChI is InChI=1S/C14H21ClN2O/c1-2-3-4-5-6-7-14(18)17-11-8-9-13(16)12(15)10-11/h8-10H,2-7,16H2,1H3,(H,17,18). The summed E-state index contributed by atoms with van der Waals surface area (Å²) in [6.07, 6.45) is 6.28. The fourth-order valence-electron chi connectivity index (χ4n) is 1.72. The molecule has 0 saturated carbocycles. The van der Waals surface area contributed by atoms with E-state index in [4.69, 9.17) is 17.3 Å². The second kappa shape index (κ2) is 7.98. The van der Waals surface area contributed by atoms with Crippen molar-refractivity contribution in [3.8, 4) is 0 Å². The van der Waals surface area contributed by atoms with E-state index in [9.17, 15) is 4.79 Å². The highest BCUT2D eigenvalue weighted by atomic mass is 35.5. The van der Waals surface area contributed by atoms with Crippen molar-refractivity contribution in [2.24, 2.45) is 0 Å². The highest BCUT2D eigenvalue weighted by Gasteiger charge is 2.04. The van der Waals surface area contributed by atoms with E-state index in [-0.39, 0.29) is 5.91 Å². The van der Waals surface area contributed by atoms with Crippen LogP contribution in [0, 0.1) is 0 Å². The molecule has 0 aliphatic rings. The number of halogens is 1. The molecule has 0 bridgehead atoms. The minimum Gasteiger partial charge on any atom is -0.398 e. The van der Waals surface area contributed by atoms with E-state index < -0.39 is 0 Å². The van der Waals surface area contributed by atoms with E-state index in [0.29, 0.717) is 22.8 Å². The van der Waals surface area contributed by atoms with Gasteiger partial charge in [0.1, 0.15) is 0 Å². The number of carbonyl (C=O) groups is 1. The highest BCUT2D eigenvalue weighted by molar-refractivity contribution is 6.33. The van der Waals surface area contributed by atoms with Gasteiger partial charge in [0.05, 0.1) is 10.7 Å². The second-order valence-corrected chi connectivity index (χ2v) is 4.86. The fraction of sp³-hybridized carbons (Fsp3) is 0.500. The van der Waals surface area contributed by atoms with Gasteiger partial charge >= 0.3 is 0 Å². The molecule has 18 heavy (non-hydrogen) atoms. The van der Waals surface area contributed by atoms with Crippen molar-refractivity contribution in [1.82, 2.24) is 0 Å². The number of amides is 1. The third kappa shape index (κ3) is 5.41. The Kier molecular flexibility index (Phi) is 6.58. The van der Waals surface area contributed by atoms with Crippen LogP contribution in [-0.4, -0.2) is 5.91 Å². The lowest BCUT2D eigenvalue weighted by atomic mass is 10.1. The Morgan fingerprint density at radius 1 is 1.28 bits per heavy atom. The molecule has 0 aromatic heterocycles. The van der Waals surface area contributed by atoms with Gasteiger partial charge in [-0.3, -0.25) is 4.79 Å². The molecule has 100 valence electrons. The normalized spacial score (nSPS) is 10.3. The zero-order chi connectivity index (χ0) is 13.4. The number of carbonyl (C=O) groups excluding carboxylic acids is 1. The predicted molar refractivity (Wildman–Crippen MR) is 77.9 cm³/mol. The summed E-state index contributed by atoms with van der Waals surface area (Å²) in [5.74, 6) is 0.0346. The summed E-state index contributed by atoms with van der Waals surface area (Å²) in [5, 5.41) is 3.29. The van der Waals surface area contributed by atoms with E-state index in [2.05, 4.69) is 12.2 Å². The highest BCUT2D eigenvalue weighted by Crippen LogP contribution is 2.22. The van der Waals surface area contributed by atoms with E-state index >= 15 is 0 Å². The van der Waals surface area contributed by atoms with Crippen LogP contribution in [0.2, 0.25) is 5.02 Å². The quantitative estimate of drug-likeness (QED) is 0.575. The molecule has 1 rings (SSSR count). The number of nitrogens with one attached hydrogen (secondary N) is 1. The summed E-state index contributed by atoms with van der Waals surface area (Å²) >= 11 is 5.88. The largest absolute Gasteiger partial charge is 0.398 e. The molecule has 1 aromatic rings. The third-order valence-corrected chi connectivity index (χ3v) is 3.12. The molecule has 0 atom stereocenters. The number of hydrogen-bond donors (Lipinski definition) is 2. The Morgan fingerprint density at radius 2 is 2.00 bits per heavy atom. The molecule has 0 heterocycles. The van der Waals surface area contributed by atoms with Gasteiger partial charge in [-0.05, 0) is 24.6 Å². The lowest BCUT2D eigenvalue weighted by Gasteiger charge is -2.06. The first-order chi connectivity index (χ1) is 8.63. The van der Waals surface area contributed by atoms with Gasteiger partial charge in [-0.25, -0.2) is 0 Å². The third-order valence-electron chi connectivity index (χ3n) is 2.79. The van der Waals surface area contributed by atoms with Crippen molar-refractivity contribution in [3.63, 3.8) is 0 Å². The van der Waals surface area contributed by atoms with Crippen LogP contribution in [-0.2, 0) is 4.79 Å². The molecule has 0 spiro atoms. The first-order valence-electron chi connectivity index (χ1n) is 6.48. The first kappa shape index (κ1) is 14.8. The van der Waals surface area contributed by atoms with E-state index in [1.807, 2.05) is 0 Å². The molecule has 0 aliphatic heterocycles. The van der Waals surface area contributed by atoms with Crippen LogP contribution < -0.4 is 11.1 Å². The summed E-state index contributed by atoms with van der Waals surface area (Å²) in [7, 11) is 0. The SMILES string of the molecule is CCCCCCCC(=O)Nc1ccc(N)c(Cl)c1. The van der Waals surface area contributed by atoms with Crippen molar-refractivity contribution >= 4 is 28.9 Å². The average molecular weight is 269 g/mol. The van der Waals surface area contributed by atoms with Gasteiger partial charge in [0.2, 0.25) is 5.91 Å². The fourth-order valence-corrected chi connectivity index (χ4v) is 1.90. The number of nitrogen functional groups attached to an aromatic ring is 1. The number of anilines is 2. The summed E-state index contributed by atoms with van der Waals surface area (Å²) in [6.45, 7) is 2.18. The average Bonchev–Trinajstić information content (AvgIpc) is 2.34. The summed E-state index contributed by atoms with van der Waals surface area (Å²) < 4.78 is 0. The molecule has 0 fully saturated rings. The Labute approximate surface area is 114 Å². The molecule has 0 radical (unpaired) electrons. The van der Waals surface area contributed by atoms with Crippen LogP contribution in [0.4, 0.5) is 11.4 Å². The summed E-state index contributed by atoms with van der Waals surface area (Å²) in [4.78, 5) is 11.7. The smallest absolute Gasteiger partial charge is 0.224 e. The van der Waals surface area contributed by atoms with Crippen LogP contribution >= 0.6 is 11.6 Å². The lowest BCUT2D eigenvalue weighted by Crippen LogP contribution is -2.11. The monoisotopic (exact) mass is 268 g/mol. The van der Waals surface area contributed by atoms with Crippen molar-refractivity contribution in [1.29, 1.82) is 0 Å². The van der Waals surface area contributed by atoms with Crippen LogP contribution in [0.15, 0.2) is 18.2 Å². The molecular formula is C14H21ClN2O. The number of nitrogens with two attached hydrogens (primary N) is 1. The van der Waals surface area contributed by atoms with Crippen molar-refractivity contribution < 1.29 is 4.79 Å². The van der Waals surface area contributed by atoms with Gasteiger partial charge in [0.25, 0.3) is 0 Å². The molecule has 0 unspecified atom stereocenters. The van der Waals surface area contributed by atoms with Crippen LogP contribution in [0.3, 0.4) is 0 Å². The van der Waals surface area contributed by atoms with E-state index in [0.717, 1.165) is 12.8 Å². The summed E-state index contributed by atoms with van der Waals surface area (Å²) in [6, 6.07) is 5.13. The van der Waals surface area contributed by atoms with Crippen molar-refractivity contribution in [3.05, 3.63) is 23.2 Å². The maximum Gasteiger partial charge on any atom is 0.224 e. The van der Waals surface area contributed by atoms with Crippen LogP contribution in [0.1, 0.15) is 45.4 Å². The van der Waals surface area contributed by atoms with Gasteiger partial charge in [0, 0.05) is 12.1 Å². The van der Waals surface area contributed by atoms with E-state index in [1.54, 1.807) is 18.2 Å². The Balaban J connectivity index is 2.29. The molecular weight excluding hydrogens is 248 g/mol. The van der Waals surface area contributed by atoms with Gasteiger partial charge in [-0.1, -0.05) is 44.2 Å². The predicted octanol–water partition coefficient (Wildman–Crippen LogP) is 4.22. The Bertz CT molecular complexity index is 393. The maximum atomic E-state index is 11.7.